The molecule has 1 unspecified atom stereocenters. The second-order valence-corrected chi connectivity index (χ2v) is 6.02. The zero-order valence-corrected chi connectivity index (χ0v) is 12.9. The van der Waals surface area contributed by atoms with E-state index in [9.17, 15) is 9.59 Å². The highest BCUT2D eigenvalue weighted by Gasteiger charge is 2.27. The molecule has 1 saturated heterocycles. The smallest absolute Gasteiger partial charge is 0.321 e. The van der Waals surface area contributed by atoms with E-state index < -0.39 is 5.97 Å². The van der Waals surface area contributed by atoms with Crippen LogP contribution in [0.1, 0.15) is 12.8 Å². The van der Waals surface area contributed by atoms with E-state index in [4.69, 9.17) is 16.7 Å². The summed E-state index contributed by atoms with van der Waals surface area (Å²) in [5.41, 5.74) is 0.646. The third kappa shape index (κ3) is 3.86. The van der Waals surface area contributed by atoms with Crippen molar-refractivity contribution in [2.75, 3.05) is 18.4 Å². The number of aliphatic carboxylic acids is 1. The van der Waals surface area contributed by atoms with Crippen LogP contribution in [0.25, 0.3) is 0 Å². The summed E-state index contributed by atoms with van der Waals surface area (Å²) in [6, 6.07) is 4.92. The minimum absolute atomic E-state index is 0.0372. The lowest BCUT2D eigenvalue weighted by atomic mass is 10.1. The number of amides is 2. The highest BCUT2D eigenvalue weighted by atomic mass is 79.9. The molecule has 1 fully saturated rings. The topological polar surface area (TPSA) is 69.6 Å². The number of benzene rings is 1. The van der Waals surface area contributed by atoms with Gasteiger partial charge in [0.05, 0.1) is 5.02 Å². The van der Waals surface area contributed by atoms with Gasteiger partial charge in [-0.25, -0.2) is 4.79 Å². The molecule has 2 amide bonds. The third-order valence-electron chi connectivity index (χ3n) is 3.21. The van der Waals surface area contributed by atoms with Crippen LogP contribution in [0.2, 0.25) is 5.02 Å². The summed E-state index contributed by atoms with van der Waals surface area (Å²) in [4.78, 5) is 24.4. The Hall–Kier alpha value is -1.27. The predicted octanol–water partition coefficient (Wildman–Crippen LogP) is 3.43. The highest BCUT2D eigenvalue weighted by molar-refractivity contribution is 9.10. The van der Waals surface area contributed by atoms with Gasteiger partial charge < -0.3 is 15.3 Å². The maximum Gasteiger partial charge on any atom is 0.321 e. The zero-order valence-electron chi connectivity index (χ0n) is 10.6. The third-order valence-corrected chi connectivity index (χ3v) is 4.42. The Balaban J connectivity index is 1.92. The molecule has 0 radical (unpaired) electrons. The van der Waals surface area contributed by atoms with E-state index in [1.807, 2.05) is 0 Å². The van der Waals surface area contributed by atoms with Gasteiger partial charge in [-0.1, -0.05) is 11.6 Å². The normalized spacial score (nSPS) is 18.1. The van der Waals surface area contributed by atoms with Crippen LogP contribution in [0.4, 0.5) is 10.5 Å². The van der Waals surface area contributed by atoms with E-state index in [0.717, 1.165) is 6.42 Å². The molecule has 1 heterocycles. The van der Waals surface area contributed by atoms with Crippen LogP contribution in [0.5, 0.6) is 0 Å². The van der Waals surface area contributed by atoms with Crippen molar-refractivity contribution in [1.82, 2.24) is 4.90 Å². The number of hydrogen-bond acceptors (Lipinski definition) is 2. The molecule has 0 aromatic heterocycles. The number of urea groups is 1. The molecule has 2 N–H and O–H groups in total. The van der Waals surface area contributed by atoms with Gasteiger partial charge in [0.2, 0.25) is 0 Å². The molecule has 1 aromatic rings. The molecule has 0 spiro atoms. The highest BCUT2D eigenvalue weighted by Crippen LogP contribution is 2.26. The van der Waals surface area contributed by atoms with Gasteiger partial charge in [-0.05, 0) is 46.5 Å². The first-order valence-corrected chi connectivity index (χ1v) is 7.35. The largest absolute Gasteiger partial charge is 0.481 e. The average molecular weight is 362 g/mol. The van der Waals surface area contributed by atoms with E-state index in [-0.39, 0.29) is 18.4 Å². The number of carboxylic acids is 1. The molecule has 7 heteroatoms. The summed E-state index contributed by atoms with van der Waals surface area (Å²) in [6.07, 6.45) is 0.834. The number of rotatable bonds is 3. The van der Waals surface area contributed by atoms with Gasteiger partial charge in [-0.2, -0.15) is 0 Å². The van der Waals surface area contributed by atoms with Gasteiger partial charge in [-0.15, -0.1) is 0 Å². The predicted molar refractivity (Wildman–Crippen MR) is 80.1 cm³/mol. The Labute approximate surface area is 130 Å². The van der Waals surface area contributed by atoms with E-state index in [1.54, 1.807) is 23.1 Å². The van der Waals surface area contributed by atoms with Crippen LogP contribution < -0.4 is 5.32 Å². The van der Waals surface area contributed by atoms with Gasteiger partial charge in [0.25, 0.3) is 0 Å². The summed E-state index contributed by atoms with van der Waals surface area (Å²) in [6.45, 7) is 1.06. The van der Waals surface area contributed by atoms with Gasteiger partial charge >= 0.3 is 12.0 Å². The van der Waals surface area contributed by atoms with Crippen molar-refractivity contribution < 1.29 is 14.7 Å². The molecule has 1 aliphatic heterocycles. The molecular formula is C13H14BrClN2O3. The number of carbonyl (C=O) groups is 2. The van der Waals surface area contributed by atoms with Crippen LogP contribution in [0.3, 0.4) is 0 Å². The number of nitrogens with one attached hydrogen (secondary N) is 1. The van der Waals surface area contributed by atoms with E-state index in [1.165, 1.54) is 0 Å². The Bertz CT molecular complexity index is 538. The Morgan fingerprint density at radius 2 is 2.25 bits per heavy atom. The molecule has 20 heavy (non-hydrogen) atoms. The average Bonchev–Trinajstić information content (AvgIpc) is 2.81. The fraction of sp³-hybridized carbons (Fsp3) is 0.385. The molecule has 108 valence electrons. The first kappa shape index (κ1) is 15.1. The van der Waals surface area contributed by atoms with Crippen molar-refractivity contribution in [2.45, 2.75) is 12.8 Å². The number of carboxylic acid groups (broad SMARTS) is 1. The van der Waals surface area contributed by atoms with Crippen molar-refractivity contribution in [1.29, 1.82) is 0 Å². The van der Waals surface area contributed by atoms with Crippen LogP contribution in [0.15, 0.2) is 22.7 Å². The van der Waals surface area contributed by atoms with Crippen LogP contribution in [-0.4, -0.2) is 35.1 Å². The minimum atomic E-state index is -0.820. The van der Waals surface area contributed by atoms with Crippen molar-refractivity contribution in [3.63, 3.8) is 0 Å². The second kappa shape index (κ2) is 6.45. The molecular weight excluding hydrogens is 348 g/mol. The van der Waals surface area contributed by atoms with Gasteiger partial charge in [0.15, 0.2) is 0 Å². The van der Waals surface area contributed by atoms with E-state index in [2.05, 4.69) is 21.2 Å². The monoisotopic (exact) mass is 360 g/mol. The maximum absolute atomic E-state index is 12.1. The summed E-state index contributed by atoms with van der Waals surface area (Å²) in [5.74, 6) is -0.783. The number of halogens is 2. The lowest BCUT2D eigenvalue weighted by Crippen LogP contribution is -2.33. The summed E-state index contributed by atoms with van der Waals surface area (Å²) in [7, 11) is 0. The molecule has 0 bridgehead atoms. The molecule has 1 aliphatic rings. The quantitative estimate of drug-likeness (QED) is 0.866. The van der Waals surface area contributed by atoms with Gasteiger partial charge in [-0.3, -0.25) is 4.79 Å². The van der Waals surface area contributed by atoms with E-state index >= 15 is 0 Å². The minimum Gasteiger partial charge on any atom is -0.481 e. The van der Waals surface area contributed by atoms with Crippen molar-refractivity contribution >= 4 is 45.2 Å². The fourth-order valence-corrected chi connectivity index (χ4v) is 2.70. The van der Waals surface area contributed by atoms with Crippen molar-refractivity contribution in [3.05, 3.63) is 27.7 Å². The van der Waals surface area contributed by atoms with Gasteiger partial charge in [0, 0.05) is 29.7 Å². The molecule has 2 rings (SSSR count). The number of anilines is 1. The SMILES string of the molecule is O=C(O)CC1CCN(C(=O)Nc2ccc(Cl)c(Br)c2)C1. The summed E-state index contributed by atoms with van der Waals surface area (Å²) >= 11 is 9.18. The van der Waals surface area contributed by atoms with Crippen LogP contribution in [-0.2, 0) is 4.79 Å². The number of nitrogens with zero attached hydrogens (tertiary/aromatic N) is 1. The second-order valence-electron chi connectivity index (χ2n) is 4.76. The van der Waals surface area contributed by atoms with E-state index in [0.29, 0.717) is 28.3 Å². The Kier molecular flexibility index (Phi) is 4.88. The first-order valence-electron chi connectivity index (χ1n) is 6.18. The first-order chi connectivity index (χ1) is 9.45. The van der Waals surface area contributed by atoms with Gasteiger partial charge in [0.1, 0.15) is 0 Å². The lowest BCUT2D eigenvalue weighted by molar-refractivity contribution is -0.138. The fourth-order valence-electron chi connectivity index (χ4n) is 2.21. The number of likely N-dealkylation sites (tertiary alicyclic amines) is 1. The van der Waals surface area contributed by atoms with Crippen LogP contribution >= 0.6 is 27.5 Å². The number of carbonyl (C=O) groups excluding carboxylic acids is 1. The summed E-state index contributed by atoms with van der Waals surface area (Å²) < 4.78 is 0.710. The molecule has 5 nitrogen and oxygen atoms in total. The number of hydrogen-bond donors (Lipinski definition) is 2. The summed E-state index contributed by atoms with van der Waals surface area (Å²) in [5, 5.41) is 12.1. The zero-order chi connectivity index (χ0) is 14.7. The molecule has 1 aromatic carbocycles. The standard InChI is InChI=1S/C13H14BrClN2O3/c14-10-6-9(1-2-11(10)15)16-13(20)17-4-3-8(7-17)5-12(18)19/h1-2,6,8H,3-5,7H2,(H,16,20)(H,18,19). The van der Waals surface area contributed by atoms with Crippen molar-refractivity contribution in [3.8, 4) is 0 Å². The lowest BCUT2D eigenvalue weighted by Gasteiger charge is -2.17. The van der Waals surface area contributed by atoms with Crippen molar-refractivity contribution in [2.24, 2.45) is 5.92 Å². The Morgan fingerprint density at radius 1 is 1.50 bits per heavy atom. The maximum atomic E-state index is 12.1. The molecule has 0 aliphatic carbocycles. The molecule has 0 saturated carbocycles. The Morgan fingerprint density at radius 3 is 2.90 bits per heavy atom. The van der Waals surface area contributed by atoms with Crippen LogP contribution in [0, 0.1) is 5.92 Å². The molecule has 1 atom stereocenters.